The number of benzene rings is 1. The van der Waals surface area contributed by atoms with Gasteiger partial charge in [-0.2, -0.15) is 5.26 Å². The van der Waals surface area contributed by atoms with Gasteiger partial charge >= 0.3 is 6.03 Å². The number of aromatic nitrogens is 3. The van der Waals surface area contributed by atoms with Gasteiger partial charge in [0.25, 0.3) is 0 Å². The molecule has 2 amide bonds. The van der Waals surface area contributed by atoms with Gasteiger partial charge in [0, 0.05) is 63.4 Å². The van der Waals surface area contributed by atoms with Crippen molar-refractivity contribution >= 4 is 6.03 Å². The Morgan fingerprint density at radius 2 is 1.74 bits per heavy atom. The van der Waals surface area contributed by atoms with Crippen LogP contribution in [0.4, 0.5) is 4.79 Å². The van der Waals surface area contributed by atoms with E-state index in [1.807, 2.05) is 28.0 Å². The lowest BCUT2D eigenvalue weighted by atomic mass is 9.99. The number of fused-ring (bicyclic) bond motifs is 1. The van der Waals surface area contributed by atoms with E-state index in [1.54, 1.807) is 18.6 Å². The molecular weight excluding hydrogens is 438 g/mol. The summed E-state index contributed by atoms with van der Waals surface area (Å²) in [7, 11) is 0. The van der Waals surface area contributed by atoms with Gasteiger partial charge in [-0.1, -0.05) is 31.2 Å². The summed E-state index contributed by atoms with van der Waals surface area (Å²) in [5.41, 5.74) is 5.45. The van der Waals surface area contributed by atoms with Crippen LogP contribution in [-0.2, 0) is 19.5 Å². The number of nitrogens with zero attached hydrogens (tertiary/aromatic N) is 7. The molecule has 8 nitrogen and oxygen atoms in total. The highest BCUT2D eigenvalue weighted by Crippen LogP contribution is 2.22. The van der Waals surface area contributed by atoms with Crippen molar-refractivity contribution < 1.29 is 4.79 Å². The molecule has 1 aromatic carbocycles. The van der Waals surface area contributed by atoms with Gasteiger partial charge in [-0.25, -0.2) is 14.8 Å². The summed E-state index contributed by atoms with van der Waals surface area (Å²) in [4.78, 5) is 32.0. The lowest BCUT2D eigenvalue weighted by Crippen LogP contribution is -2.39. The molecule has 35 heavy (non-hydrogen) atoms. The minimum absolute atomic E-state index is 0.0785. The van der Waals surface area contributed by atoms with Crippen LogP contribution >= 0.6 is 0 Å². The van der Waals surface area contributed by atoms with E-state index in [2.05, 4.69) is 51.0 Å². The molecule has 178 valence electrons. The Labute approximate surface area is 205 Å². The molecular formula is C27H29N7O. The fourth-order valence-corrected chi connectivity index (χ4v) is 5.01. The van der Waals surface area contributed by atoms with Gasteiger partial charge in [0.05, 0.1) is 12.2 Å². The molecule has 4 heterocycles. The summed E-state index contributed by atoms with van der Waals surface area (Å²) in [5.74, 6) is 0.548. The molecule has 3 aromatic rings. The molecule has 0 unspecified atom stereocenters. The van der Waals surface area contributed by atoms with Gasteiger partial charge in [0.1, 0.15) is 6.07 Å². The van der Waals surface area contributed by atoms with Crippen molar-refractivity contribution in [2.75, 3.05) is 32.7 Å². The third kappa shape index (κ3) is 5.31. The molecule has 2 aliphatic heterocycles. The maximum atomic E-state index is 13.1. The van der Waals surface area contributed by atoms with Crippen LogP contribution in [0.3, 0.4) is 0 Å². The van der Waals surface area contributed by atoms with Crippen molar-refractivity contribution in [2.45, 2.75) is 26.4 Å². The Bertz CT molecular complexity index is 1240. The summed E-state index contributed by atoms with van der Waals surface area (Å²) in [6.45, 7) is 7.99. The van der Waals surface area contributed by atoms with Gasteiger partial charge < -0.3 is 9.80 Å². The van der Waals surface area contributed by atoms with Crippen LogP contribution in [0.25, 0.3) is 11.1 Å². The summed E-state index contributed by atoms with van der Waals surface area (Å²) >= 11 is 0. The fraction of sp³-hybridized carbons (Fsp3) is 0.370. The Balaban J connectivity index is 1.15. The van der Waals surface area contributed by atoms with Crippen LogP contribution in [0, 0.1) is 17.2 Å². The molecule has 0 spiro atoms. The smallest absolute Gasteiger partial charge is 0.320 e. The predicted octanol–water partition coefficient (Wildman–Crippen LogP) is 3.34. The van der Waals surface area contributed by atoms with Crippen LogP contribution in [0.1, 0.15) is 29.6 Å². The average Bonchev–Trinajstić information content (AvgIpc) is 3.22. The summed E-state index contributed by atoms with van der Waals surface area (Å²) < 4.78 is 0. The molecule has 2 aliphatic rings. The molecule has 5 rings (SSSR count). The highest BCUT2D eigenvalue weighted by atomic mass is 16.2. The second-order valence-electron chi connectivity index (χ2n) is 9.45. The molecule has 0 saturated carbocycles. The SMILES string of the molecule is C[C@H](CN1CCc2ccccc2C1)CN1CCN(Cc2cc(-c3cnc(C#N)nc3)ccn2)C1=O. The maximum Gasteiger partial charge on any atom is 0.320 e. The number of urea groups is 1. The number of hydrogen-bond acceptors (Lipinski definition) is 6. The summed E-state index contributed by atoms with van der Waals surface area (Å²) in [6, 6.07) is 14.5. The van der Waals surface area contributed by atoms with E-state index in [9.17, 15) is 4.79 Å². The average molecular weight is 468 g/mol. The standard InChI is InChI=1S/C27H29N7O/c1-20(16-32-9-7-21-4-2-3-5-23(21)18-32)17-33-10-11-34(27(33)35)19-25-12-22(6-8-29-25)24-14-30-26(13-28)31-15-24/h2-6,8,12,14-15,20H,7,9-11,16-19H2,1H3/t20-/m1/s1. The van der Waals surface area contributed by atoms with Gasteiger partial charge in [0.15, 0.2) is 0 Å². The third-order valence-corrected chi connectivity index (χ3v) is 6.75. The van der Waals surface area contributed by atoms with E-state index in [4.69, 9.17) is 5.26 Å². The van der Waals surface area contributed by atoms with Crippen LogP contribution in [0.2, 0.25) is 0 Å². The number of hydrogen-bond donors (Lipinski definition) is 0. The number of amides is 2. The van der Waals surface area contributed by atoms with E-state index >= 15 is 0 Å². The molecule has 0 N–H and O–H groups in total. The van der Waals surface area contributed by atoms with Gasteiger partial charge in [-0.3, -0.25) is 9.88 Å². The van der Waals surface area contributed by atoms with E-state index in [0.29, 0.717) is 19.0 Å². The molecule has 8 heteroatoms. The largest absolute Gasteiger partial charge is 0.323 e. The molecule has 2 aromatic heterocycles. The van der Waals surface area contributed by atoms with E-state index < -0.39 is 0 Å². The molecule has 1 saturated heterocycles. The minimum atomic E-state index is 0.0785. The van der Waals surface area contributed by atoms with Crippen molar-refractivity contribution in [3.8, 4) is 17.2 Å². The first-order valence-electron chi connectivity index (χ1n) is 12.1. The topological polar surface area (TPSA) is 89.2 Å². The number of pyridine rings is 1. The monoisotopic (exact) mass is 467 g/mol. The van der Waals surface area contributed by atoms with E-state index in [-0.39, 0.29) is 11.9 Å². The van der Waals surface area contributed by atoms with Crippen LogP contribution in [-0.4, -0.2) is 68.4 Å². The first kappa shape index (κ1) is 22.9. The van der Waals surface area contributed by atoms with Gasteiger partial charge in [0.2, 0.25) is 5.82 Å². The zero-order valence-electron chi connectivity index (χ0n) is 20.0. The number of nitriles is 1. The normalized spacial score (nSPS) is 16.7. The molecule has 0 aliphatic carbocycles. The Kier molecular flexibility index (Phi) is 6.68. The zero-order chi connectivity index (χ0) is 24.2. The Hall–Kier alpha value is -3.83. The second-order valence-corrected chi connectivity index (χ2v) is 9.45. The molecule has 1 fully saturated rings. The van der Waals surface area contributed by atoms with E-state index in [1.165, 1.54) is 11.1 Å². The quantitative estimate of drug-likeness (QED) is 0.530. The third-order valence-electron chi connectivity index (χ3n) is 6.75. The number of carbonyl (C=O) groups is 1. The van der Waals surface area contributed by atoms with Crippen molar-refractivity contribution in [3.63, 3.8) is 0 Å². The molecule has 0 bridgehead atoms. The highest BCUT2D eigenvalue weighted by Gasteiger charge is 2.30. The lowest BCUT2D eigenvalue weighted by Gasteiger charge is -2.32. The first-order valence-corrected chi connectivity index (χ1v) is 12.1. The zero-order valence-corrected chi connectivity index (χ0v) is 20.0. The van der Waals surface area contributed by atoms with Crippen molar-refractivity contribution in [2.24, 2.45) is 5.92 Å². The van der Waals surface area contributed by atoms with Crippen molar-refractivity contribution in [1.29, 1.82) is 5.26 Å². The lowest BCUT2D eigenvalue weighted by molar-refractivity contribution is 0.170. The van der Waals surface area contributed by atoms with Gasteiger partial charge in [-0.05, 0) is 41.2 Å². The Morgan fingerprint density at radius 1 is 0.971 bits per heavy atom. The van der Waals surface area contributed by atoms with Gasteiger partial charge in [-0.15, -0.1) is 0 Å². The predicted molar refractivity (Wildman–Crippen MR) is 132 cm³/mol. The first-order chi connectivity index (χ1) is 17.1. The summed E-state index contributed by atoms with van der Waals surface area (Å²) in [5, 5.41) is 8.89. The van der Waals surface area contributed by atoms with Crippen LogP contribution in [0.15, 0.2) is 55.0 Å². The minimum Gasteiger partial charge on any atom is -0.323 e. The van der Waals surface area contributed by atoms with Crippen LogP contribution in [0.5, 0.6) is 0 Å². The number of rotatable bonds is 7. The molecule has 0 radical (unpaired) electrons. The number of carbonyl (C=O) groups excluding carboxylic acids is 1. The highest BCUT2D eigenvalue weighted by molar-refractivity contribution is 5.76. The molecule has 1 atom stereocenters. The van der Waals surface area contributed by atoms with Crippen molar-refractivity contribution in [3.05, 3.63) is 77.6 Å². The van der Waals surface area contributed by atoms with E-state index in [0.717, 1.165) is 56.0 Å². The van der Waals surface area contributed by atoms with Crippen molar-refractivity contribution in [1.82, 2.24) is 29.7 Å². The Morgan fingerprint density at radius 3 is 2.54 bits per heavy atom. The van der Waals surface area contributed by atoms with Crippen LogP contribution < -0.4 is 0 Å². The second kappa shape index (κ2) is 10.2. The summed E-state index contributed by atoms with van der Waals surface area (Å²) in [6.07, 6.45) is 6.10. The maximum absolute atomic E-state index is 13.1. The fourth-order valence-electron chi connectivity index (χ4n) is 5.01.